The number of hydrogen-bond donors (Lipinski definition) is 1. The molecule has 0 heterocycles. The van der Waals surface area contributed by atoms with Crippen molar-refractivity contribution in [2.45, 2.75) is 40.2 Å². The zero-order valence-corrected chi connectivity index (χ0v) is 11.6. The fraction of sp³-hybridized carbons (Fsp3) is 0.600. The summed E-state index contributed by atoms with van der Waals surface area (Å²) in [6, 6.07) is 8.87. The third kappa shape index (κ3) is 4.04. The Morgan fingerprint density at radius 2 is 1.59 bits per heavy atom. The van der Waals surface area contributed by atoms with Crippen LogP contribution in [0.15, 0.2) is 24.3 Å². The van der Waals surface area contributed by atoms with Crippen molar-refractivity contribution < 1.29 is 0 Å². The van der Waals surface area contributed by atoms with E-state index in [1.54, 1.807) is 0 Å². The van der Waals surface area contributed by atoms with Crippen molar-refractivity contribution in [3.05, 3.63) is 29.8 Å². The van der Waals surface area contributed by atoms with E-state index in [1.165, 1.54) is 11.3 Å². The van der Waals surface area contributed by atoms with Crippen LogP contribution in [0.2, 0.25) is 0 Å². The average Bonchev–Trinajstić information content (AvgIpc) is 2.30. The molecule has 0 saturated heterocycles. The molecule has 0 aliphatic rings. The van der Waals surface area contributed by atoms with Crippen LogP contribution >= 0.6 is 0 Å². The molecule has 0 spiro atoms. The van der Waals surface area contributed by atoms with Gasteiger partial charge in [-0.1, -0.05) is 26.0 Å². The molecule has 1 aromatic carbocycles. The highest BCUT2D eigenvalue weighted by molar-refractivity contribution is 5.47. The molecular weight excluding hydrogens is 208 g/mol. The zero-order chi connectivity index (χ0) is 12.8. The van der Waals surface area contributed by atoms with Gasteiger partial charge in [-0.3, -0.25) is 0 Å². The van der Waals surface area contributed by atoms with Crippen molar-refractivity contribution in [2.75, 3.05) is 18.0 Å². The summed E-state index contributed by atoms with van der Waals surface area (Å²) in [7, 11) is 0. The summed E-state index contributed by atoms with van der Waals surface area (Å²) in [4.78, 5) is 2.34. The normalized spacial score (nSPS) is 12.8. The first-order valence-electron chi connectivity index (χ1n) is 6.68. The topological polar surface area (TPSA) is 29.3 Å². The molecule has 17 heavy (non-hydrogen) atoms. The lowest BCUT2D eigenvalue weighted by Gasteiger charge is -2.22. The maximum Gasteiger partial charge on any atom is 0.0366 e. The van der Waals surface area contributed by atoms with Gasteiger partial charge < -0.3 is 10.6 Å². The summed E-state index contributed by atoms with van der Waals surface area (Å²) in [5.74, 6) is 0.646. The van der Waals surface area contributed by atoms with Gasteiger partial charge in [-0.2, -0.15) is 0 Å². The van der Waals surface area contributed by atoms with Crippen molar-refractivity contribution in [1.29, 1.82) is 0 Å². The molecule has 1 aromatic rings. The molecule has 0 saturated carbocycles. The van der Waals surface area contributed by atoms with Crippen LogP contribution in [-0.4, -0.2) is 13.1 Å². The summed E-state index contributed by atoms with van der Waals surface area (Å²) in [6.07, 6.45) is 1.05. The molecule has 2 nitrogen and oxygen atoms in total. The quantitative estimate of drug-likeness (QED) is 0.815. The molecule has 2 heteroatoms. The SMILES string of the molecule is CCN(CC)c1ccc([C@H](N)CC(C)C)cc1. The smallest absolute Gasteiger partial charge is 0.0366 e. The molecule has 0 bridgehead atoms. The van der Waals surface area contributed by atoms with Crippen molar-refractivity contribution in [2.24, 2.45) is 11.7 Å². The Bertz CT molecular complexity index is 312. The van der Waals surface area contributed by atoms with Crippen molar-refractivity contribution in [1.82, 2.24) is 0 Å². The van der Waals surface area contributed by atoms with E-state index in [0.29, 0.717) is 5.92 Å². The number of anilines is 1. The highest BCUT2D eigenvalue weighted by Crippen LogP contribution is 2.22. The number of nitrogens with zero attached hydrogens (tertiary/aromatic N) is 1. The maximum atomic E-state index is 6.17. The lowest BCUT2D eigenvalue weighted by molar-refractivity contribution is 0.510. The number of hydrogen-bond acceptors (Lipinski definition) is 2. The molecular formula is C15H26N2. The van der Waals surface area contributed by atoms with E-state index in [1.807, 2.05) is 0 Å². The Labute approximate surface area is 106 Å². The monoisotopic (exact) mass is 234 g/mol. The average molecular weight is 234 g/mol. The Kier molecular flexibility index (Phi) is 5.49. The lowest BCUT2D eigenvalue weighted by atomic mass is 9.98. The molecule has 2 N–H and O–H groups in total. The molecule has 1 rings (SSSR count). The Morgan fingerprint density at radius 3 is 2.00 bits per heavy atom. The minimum absolute atomic E-state index is 0.167. The van der Waals surface area contributed by atoms with Crippen LogP contribution in [0.25, 0.3) is 0 Å². The van der Waals surface area contributed by atoms with Gasteiger partial charge in [0.15, 0.2) is 0 Å². The largest absolute Gasteiger partial charge is 0.372 e. The maximum absolute atomic E-state index is 6.17. The van der Waals surface area contributed by atoms with Crippen LogP contribution in [-0.2, 0) is 0 Å². The van der Waals surface area contributed by atoms with Gasteiger partial charge in [-0.05, 0) is 43.9 Å². The second-order valence-electron chi connectivity index (χ2n) is 5.00. The fourth-order valence-corrected chi connectivity index (χ4v) is 2.17. The van der Waals surface area contributed by atoms with Gasteiger partial charge in [0, 0.05) is 24.8 Å². The summed E-state index contributed by atoms with van der Waals surface area (Å²) in [6.45, 7) is 10.9. The van der Waals surface area contributed by atoms with Gasteiger partial charge in [-0.15, -0.1) is 0 Å². The Hall–Kier alpha value is -1.02. The van der Waals surface area contributed by atoms with E-state index >= 15 is 0 Å². The number of nitrogens with two attached hydrogens (primary N) is 1. The van der Waals surface area contributed by atoms with Crippen molar-refractivity contribution >= 4 is 5.69 Å². The molecule has 0 amide bonds. The van der Waals surface area contributed by atoms with Gasteiger partial charge in [0.25, 0.3) is 0 Å². The third-order valence-electron chi connectivity index (χ3n) is 3.18. The molecule has 1 atom stereocenters. The second-order valence-corrected chi connectivity index (χ2v) is 5.00. The van der Waals surface area contributed by atoms with Crippen LogP contribution < -0.4 is 10.6 Å². The third-order valence-corrected chi connectivity index (χ3v) is 3.18. The van der Waals surface area contributed by atoms with Gasteiger partial charge in [0.1, 0.15) is 0 Å². The van der Waals surface area contributed by atoms with Crippen LogP contribution in [0, 0.1) is 5.92 Å². The van der Waals surface area contributed by atoms with Gasteiger partial charge >= 0.3 is 0 Å². The van der Waals surface area contributed by atoms with E-state index in [9.17, 15) is 0 Å². The van der Waals surface area contributed by atoms with Crippen LogP contribution in [0.4, 0.5) is 5.69 Å². The highest BCUT2D eigenvalue weighted by atomic mass is 15.1. The first kappa shape index (κ1) is 14.0. The van der Waals surface area contributed by atoms with Crippen LogP contribution in [0.1, 0.15) is 45.7 Å². The van der Waals surface area contributed by atoms with Crippen LogP contribution in [0.5, 0.6) is 0 Å². The molecule has 0 aliphatic heterocycles. The summed E-state index contributed by atoms with van der Waals surface area (Å²) >= 11 is 0. The van der Waals surface area contributed by atoms with E-state index in [2.05, 4.69) is 56.9 Å². The summed E-state index contributed by atoms with van der Waals surface area (Å²) in [5, 5.41) is 0. The molecule has 0 aromatic heterocycles. The Morgan fingerprint density at radius 1 is 1.06 bits per heavy atom. The predicted molar refractivity (Wildman–Crippen MR) is 76.4 cm³/mol. The minimum Gasteiger partial charge on any atom is -0.372 e. The van der Waals surface area contributed by atoms with Gasteiger partial charge in [-0.25, -0.2) is 0 Å². The van der Waals surface area contributed by atoms with Crippen molar-refractivity contribution in [3.8, 4) is 0 Å². The first-order chi connectivity index (χ1) is 8.08. The molecule has 0 aliphatic carbocycles. The van der Waals surface area contributed by atoms with Gasteiger partial charge in [0.05, 0.1) is 0 Å². The Balaban J connectivity index is 2.73. The number of benzene rings is 1. The predicted octanol–water partition coefficient (Wildman–Crippen LogP) is 3.58. The minimum atomic E-state index is 0.167. The van der Waals surface area contributed by atoms with E-state index < -0.39 is 0 Å². The highest BCUT2D eigenvalue weighted by Gasteiger charge is 2.09. The molecule has 0 unspecified atom stereocenters. The summed E-state index contributed by atoms with van der Waals surface area (Å²) in [5.41, 5.74) is 8.71. The van der Waals surface area contributed by atoms with Gasteiger partial charge in [0.2, 0.25) is 0 Å². The van der Waals surface area contributed by atoms with E-state index in [4.69, 9.17) is 5.73 Å². The van der Waals surface area contributed by atoms with E-state index in [-0.39, 0.29) is 6.04 Å². The summed E-state index contributed by atoms with van der Waals surface area (Å²) < 4.78 is 0. The fourth-order valence-electron chi connectivity index (χ4n) is 2.17. The first-order valence-corrected chi connectivity index (χ1v) is 6.68. The second kappa shape index (κ2) is 6.65. The molecule has 0 fully saturated rings. The van der Waals surface area contributed by atoms with Crippen LogP contribution in [0.3, 0.4) is 0 Å². The standard InChI is InChI=1S/C15H26N2/c1-5-17(6-2)14-9-7-13(8-10-14)15(16)11-12(3)4/h7-10,12,15H,5-6,11,16H2,1-4H3/t15-/m1/s1. The van der Waals surface area contributed by atoms with Crippen molar-refractivity contribution in [3.63, 3.8) is 0 Å². The van der Waals surface area contributed by atoms with E-state index in [0.717, 1.165) is 19.5 Å². The molecule has 0 radical (unpaired) electrons. The zero-order valence-electron chi connectivity index (χ0n) is 11.6. The lowest BCUT2D eigenvalue weighted by Crippen LogP contribution is -2.21. The number of rotatable bonds is 6. The molecule has 96 valence electrons.